The van der Waals surface area contributed by atoms with E-state index in [1.807, 2.05) is 37.2 Å². The van der Waals surface area contributed by atoms with Crippen molar-refractivity contribution in [1.29, 1.82) is 0 Å². The van der Waals surface area contributed by atoms with Crippen LogP contribution in [0, 0.1) is 6.92 Å². The number of nitrogens with zero attached hydrogens (tertiary/aromatic N) is 4. The van der Waals surface area contributed by atoms with Gasteiger partial charge in [0.25, 0.3) is 0 Å². The van der Waals surface area contributed by atoms with E-state index >= 15 is 0 Å². The van der Waals surface area contributed by atoms with E-state index < -0.39 is 0 Å². The van der Waals surface area contributed by atoms with Crippen molar-refractivity contribution in [3.05, 3.63) is 69.7 Å². The zero-order chi connectivity index (χ0) is 18.1. The molecule has 26 heavy (non-hydrogen) atoms. The maximum atomic E-state index is 12.4. The van der Waals surface area contributed by atoms with Crippen LogP contribution in [0.2, 0.25) is 0 Å². The largest absolute Gasteiger partial charge is 0.337 e. The molecule has 3 aromatic rings. The second kappa shape index (κ2) is 7.03. The molecule has 4 rings (SSSR count). The van der Waals surface area contributed by atoms with Gasteiger partial charge >= 0.3 is 0 Å². The van der Waals surface area contributed by atoms with E-state index in [0.29, 0.717) is 26.1 Å². The highest BCUT2D eigenvalue weighted by Gasteiger charge is 2.31. The topological polar surface area (TPSA) is 51.0 Å². The van der Waals surface area contributed by atoms with Crippen LogP contribution in [0.4, 0.5) is 0 Å². The van der Waals surface area contributed by atoms with Crippen LogP contribution < -0.4 is 0 Å². The first-order chi connectivity index (χ1) is 12.7. The molecule has 0 aliphatic carbocycles. The lowest BCUT2D eigenvalue weighted by atomic mass is 9.89. The van der Waals surface area contributed by atoms with E-state index in [0.717, 1.165) is 16.5 Å². The Hall–Kier alpha value is -2.47. The van der Waals surface area contributed by atoms with Crippen LogP contribution in [0.15, 0.2) is 42.0 Å². The number of aromatic nitrogens is 3. The van der Waals surface area contributed by atoms with Gasteiger partial charge in [0.1, 0.15) is 5.82 Å². The van der Waals surface area contributed by atoms with Crippen LogP contribution in [0.3, 0.4) is 0 Å². The van der Waals surface area contributed by atoms with Crippen molar-refractivity contribution in [1.82, 2.24) is 19.4 Å². The quantitative estimate of drug-likeness (QED) is 0.709. The minimum atomic E-state index is 0.0881. The van der Waals surface area contributed by atoms with Crippen molar-refractivity contribution in [2.75, 3.05) is 6.54 Å². The molecule has 1 atom stereocenters. The lowest BCUT2D eigenvalue weighted by molar-refractivity contribution is -0.132. The van der Waals surface area contributed by atoms with Crippen LogP contribution in [-0.2, 0) is 17.9 Å². The van der Waals surface area contributed by atoms with E-state index in [4.69, 9.17) is 0 Å². The SMILES string of the molecule is CCC(=O)N1Cc2ccccc2C(c2nccn2Cc2csc(C)n2)C1. The number of hydrogen-bond acceptors (Lipinski definition) is 4. The smallest absolute Gasteiger partial charge is 0.222 e. The number of rotatable bonds is 4. The van der Waals surface area contributed by atoms with Crippen molar-refractivity contribution >= 4 is 17.2 Å². The van der Waals surface area contributed by atoms with E-state index in [-0.39, 0.29) is 11.8 Å². The van der Waals surface area contributed by atoms with Crippen molar-refractivity contribution in [2.24, 2.45) is 0 Å². The fraction of sp³-hybridized carbons (Fsp3) is 0.350. The Balaban J connectivity index is 1.70. The van der Waals surface area contributed by atoms with Crippen molar-refractivity contribution in [2.45, 2.75) is 39.3 Å². The Bertz CT molecular complexity index is 929. The summed E-state index contributed by atoms with van der Waals surface area (Å²) in [6.45, 7) is 6.01. The van der Waals surface area contributed by atoms with Crippen LogP contribution in [0.1, 0.15) is 46.9 Å². The van der Waals surface area contributed by atoms with Gasteiger partial charge in [0.2, 0.25) is 5.91 Å². The first kappa shape index (κ1) is 17.0. The van der Waals surface area contributed by atoms with Gasteiger partial charge in [0.15, 0.2) is 0 Å². The molecule has 1 aliphatic heterocycles. The molecule has 0 N–H and O–H groups in total. The number of fused-ring (bicyclic) bond motifs is 1. The minimum absolute atomic E-state index is 0.0881. The monoisotopic (exact) mass is 366 g/mol. The molecule has 0 saturated carbocycles. The fourth-order valence-corrected chi connectivity index (χ4v) is 4.27. The normalized spacial score (nSPS) is 16.5. The molecule has 134 valence electrons. The van der Waals surface area contributed by atoms with Crippen LogP contribution in [0.25, 0.3) is 0 Å². The lowest BCUT2D eigenvalue weighted by Crippen LogP contribution is -2.39. The first-order valence-electron chi connectivity index (χ1n) is 8.93. The average molecular weight is 366 g/mol. The maximum absolute atomic E-state index is 12.4. The maximum Gasteiger partial charge on any atom is 0.222 e. The van der Waals surface area contributed by atoms with Gasteiger partial charge in [-0.05, 0) is 18.1 Å². The molecular formula is C20H22N4OS. The highest BCUT2D eigenvalue weighted by Crippen LogP contribution is 2.33. The summed E-state index contributed by atoms with van der Waals surface area (Å²) in [6.07, 6.45) is 4.38. The zero-order valence-electron chi connectivity index (χ0n) is 15.1. The molecule has 0 radical (unpaired) electrons. The predicted molar refractivity (Wildman–Crippen MR) is 102 cm³/mol. The summed E-state index contributed by atoms with van der Waals surface area (Å²) in [7, 11) is 0. The Morgan fingerprint density at radius 2 is 2.19 bits per heavy atom. The van der Waals surface area contributed by atoms with Gasteiger partial charge in [-0.2, -0.15) is 0 Å². The van der Waals surface area contributed by atoms with Gasteiger partial charge in [-0.15, -0.1) is 11.3 Å². The zero-order valence-corrected chi connectivity index (χ0v) is 15.9. The molecule has 5 nitrogen and oxygen atoms in total. The number of amides is 1. The second-order valence-corrected chi connectivity index (χ2v) is 7.71. The summed E-state index contributed by atoms with van der Waals surface area (Å²) >= 11 is 1.67. The third-order valence-electron chi connectivity index (χ3n) is 4.91. The van der Waals surface area contributed by atoms with Crippen molar-refractivity contribution in [3.8, 4) is 0 Å². The summed E-state index contributed by atoms with van der Waals surface area (Å²) in [5, 5.41) is 3.17. The van der Waals surface area contributed by atoms with Gasteiger partial charge in [0, 0.05) is 37.3 Å². The van der Waals surface area contributed by atoms with E-state index in [9.17, 15) is 4.79 Å². The summed E-state index contributed by atoms with van der Waals surface area (Å²) in [6, 6.07) is 8.40. The number of benzene rings is 1. The van der Waals surface area contributed by atoms with E-state index in [1.165, 1.54) is 11.1 Å². The summed E-state index contributed by atoms with van der Waals surface area (Å²) in [4.78, 5) is 23.6. The summed E-state index contributed by atoms with van der Waals surface area (Å²) in [5.41, 5.74) is 3.54. The molecule has 6 heteroatoms. The molecule has 0 spiro atoms. The van der Waals surface area contributed by atoms with Crippen LogP contribution >= 0.6 is 11.3 Å². The van der Waals surface area contributed by atoms with E-state index in [1.54, 1.807) is 11.3 Å². The predicted octanol–water partition coefficient (Wildman–Crippen LogP) is 3.58. The van der Waals surface area contributed by atoms with Crippen molar-refractivity contribution < 1.29 is 4.79 Å². The molecule has 1 amide bonds. The standard InChI is InChI=1S/C20H22N4OS/c1-3-19(25)24-10-15-6-4-5-7-17(15)18(12-24)20-21-8-9-23(20)11-16-13-26-14(2)22-16/h4-9,13,18H,3,10-12H2,1-2H3. The van der Waals surface area contributed by atoms with Gasteiger partial charge < -0.3 is 9.47 Å². The number of thiazole rings is 1. The van der Waals surface area contributed by atoms with Gasteiger partial charge in [-0.25, -0.2) is 9.97 Å². The van der Waals surface area contributed by atoms with Gasteiger partial charge in [-0.3, -0.25) is 4.79 Å². The molecule has 1 aromatic carbocycles. The first-order valence-corrected chi connectivity index (χ1v) is 9.81. The number of aryl methyl sites for hydroxylation is 1. The number of carbonyl (C=O) groups excluding carboxylic acids is 1. The molecule has 1 aliphatic rings. The second-order valence-electron chi connectivity index (χ2n) is 6.65. The van der Waals surface area contributed by atoms with Gasteiger partial charge in [0.05, 0.1) is 23.2 Å². The molecule has 1 unspecified atom stereocenters. The van der Waals surface area contributed by atoms with Crippen LogP contribution in [-0.4, -0.2) is 31.9 Å². The average Bonchev–Trinajstić information content (AvgIpc) is 3.29. The van der Waals surface area contributed by atoms with E-state index in [2.05, 4.69) is 38.1 Å². The Morgan fingerprint density at radius 1 is 1.35 bits per heavy atom. The molecule has 0 fully saturated rings. The summed E-state index contributed by atoms with van der Waals surface area (Å²) in [5.74, 6) is 1.28. The number of carbonyl (C=O) groups is 1. The van der Waals surface area contributed by atoms with Crippen molar-refractivity contribution in [3.63, 3.8) is 0 Å². The van der Waals surface area contributed by atoms with Crippen LogP contribution in [0.5, 0.6) is 0 Å². The Kier molecular flexibility index (Phi) is 4.59. The summed E-state index contributed by atoms with van der Waals surface area (Å²) < 4.78 is 2.16. The molecule has 0 bridgehead atoms. The highest BCUT2D eigenvalue weighted by atomic mass is 32.1. The lowest BCUT2D eigenvalue weighted by Gasteiger charge is -2.34. The number of hydrogen-bond donors (Lipinski definition) is 0. The molecule has 0 saturated heterocycles. The minimum Gasteiger partial charge on any atom is -0.337 e. The third-order valence-corrected chi connectivity index (χ3v) is 5.73. The Labute approximate surface area is 157 Å². The van der Waals surface area contributed by atoms with Gasteiger partial charge in [-0.1, -0.05) is 31.2 Å². The molecule has 3 heterocycles. The fourth-order valence-electron chi connectivity index (χ4n) is 3.66. The highest BCUT2D eigenvalue weighted by molar-refractivity contribution is 7.09. The third kappa shape index (κ3) is 3.17. The molecular weight excluding hydrogens is 344 g/mol. The number of imidazole rings is 1. The Morgan fingerprint density at radius 3 is 2.96 bits per heavy atom. The molecule has 2 aromatic heterocycles.